The van der Waals surface area contributed by atoms with Crippen molar-refractivity contribution in [1.29, 1.82) is 0 Å². The predicted molar refractivity (Wildman–Crippen MR) is 84.9 cm³/mol. The van der Waals surface area contributed by atoms with E-state index < -0.39 is 12.0 Å². The molecule has 0 unspecified atom stereocenters. The van der Waals surface area contributed by atoms with Crippen LogP contribution in [-0.4, -0.2) is 17.1 Å². The van der Waals surface area contributed by atoms with Crippen LogP contribution in [0.1, 0.15) is 15.9 Å². The highest BCUT2D eigenvalue weighted by atomic mass is 79.9. The molecule has 0 radical (unpaired) electrons. The van der Waals surface area contributed by atoms with Gasteiger partial charge in [0.2, 0.25) is 0 Å². The number of carbonyl (C=O) groups excluding carboxylic acids is 1. The smallest absolute Gasteiger partial charge is 0.337 e. The number of amides is 2. The number of carboxylic acid groups (broad SMARTS) is 1. The Kier molecular flexibility index (Phi) is 4.59. The molecular formula is C15H13BrN2O3. The van der Waals surface area contributed by atoms with Crippen molar-refractivity contribution in [3.63, 3.8) is 0 Å². The van der Waals surface area contributed by atoms with Crippen molar-refractivity contribution < 1.29 is 14.7 Å². The van der Waals surface area contributed by atoms with Gasteiger partial charge in [-0.3, -0.25) is 0 Å². The molecule has 2 amide bonds. The molecule has 0 saturated heterocycles. The molecule has 3 N–H and O–H groups in total. The highest BCUT2D eigenvalue weighted by molar-refractivity contribution is 9.10. The summed E-state index contributed by atoms with van der Waals surface area (Å²) in [7, 11) is 0. The minimum absolute atomic E-state index is 0.0379. The number of benzene rings is 2. The molecule has 0 saturated carbocycles. The first kappa shape index (κ1) is 15.1. The van der Waals surface area contributed by atoms with Gasteiger partial charge < -0.3 is 15.7 Å². The molecule has 0 fully saturated rings. The molecule has 108 valence electrons. The molecule has 2 aromatic carbocycles. The minimum Gasteiger partial charge on any atom is -0.478 e. The summed E-state index contributed by atoms with van der Waals surface area (Å²) in [4.78, 5) is 23.1. The number of para-hydroxylation sites is 1. The van der Waals surface area contributed by atoms with Crippen molar-refractivity contribution in [3.05, 3.63) is 58.1 Å². The topological polar surface area (TPSA) is 78.4 Å². The first-order valence-corrected chi connectivity index (χ1v) is 6.93. The third kappa shape index (κ3) is 3.82. The molecular weight excluding hydrogens is 336 g/mol. The van der Waals surface area contributed by atoms with Crippen LogP contribution < -0.4 is 10.6 Å². The van der Waals surface area contributed by atoms with E-state index in [4.69, 9.17) is 5.11 Å². The Bertz CT molecular complexity index is 701. The molecule has 2 rings (SSSR count). The SMILES string of the molecule is Cc1ccc(Br)c(NC(=O)Nc2ccccc2C(=O)O)c1. The number of aromatic carboxylic acids is 1. The number of halogens is 1. The van der Waals surface area contributed by atoms with Gasteiger partial charge in [0.25, 0.3) is 0 Å². The molecule has 0 heterocycles. The van der Waals surface area contributed by atoms with Crippen LogP contribution in [0.15, 0.2) is 46.9 Å². The molecule has 5 nitrogen and oxygen atoms in total. The van der Waals surface area contributed by atoms with Gasteiger partial charge >= 0.3 is 12.0 Å². The number of carbonyl (C=O) groups is 2. The van der Waals surface area contributed by atoms with E-state index in [0.717, 1.165) is 10.0 Å². The zero-order chi connectivity index (χ0) is 15.4. The number of nitrogens with one attached hydrogen (secondary N) is 2. The van der Waals surface area contributed by atoms with Gasteiger partial charge in [-0.2, -0.15) is 0 Å². The summed E-state index contributed by atoms with van der Waals surface area (Å²) < 4.78 is 0.745. The zero-order valence-electron chi connectivity index (χ0n) is 11.2. The summed E-state index contributed by atoms with van der Waals surface area (Å²) in [5, 5.41) is 14.3. The van der Waals surface area contributed by atoms with E-state index >= 15 is 0 Å². The maximum absolute atomic E-state index is 12.0. The number of aryl methyl sites for hydroxylation is 1. The van der Waals surface area contributed by atoms with E-state index in [1.807, 2.05) is 25.1 Å². The number of carboxylic acids is 1. The molecule has 0 aromatic heterocycles. The van der Waals surface area contributed by atoms with E-state index in [9.17, 15) is 9.59 Å². The molecule has 0 aliphatic heterocycles. The van der Waals surface area contributed by atoms with Crippen LogP contribution in [0.4, 0.5) is 16.2 Å². The molecule has 6 heteroatoms. The Morgan fingerprint density at radius 2 is 1.71 bits per heavy atom. The van der Waals surface area contributed by atoms with Crippen molar-refractivity contribution in [3.8, 4) is 0 Å². The first-order valence-electron chi connectivity index (χ1n) is 6.14. The van der Waals surface area contributed by atoms with E-state index in [-0.39, 0.29) is 11.3 Å². The lowest BCUT2D eigenvalue weighted by molar-refractivity contribution is 0.0698. The van der Waals surface area contributed by atoms with Crippen LogP contribution in [0.25, 0.3) is 0 Å². The first-order chi connectivity index (χ1) is 9.97. The fourth-order valence-corrected chi connectivity index (χ4v) is 2.14. The molecule has 0 atom stereocenters. The quantitative estimate of drug-likeness (QED) is 0.781. The number of hydrogen-bond acceptors (Lipinski definition) is 2. The van der Waals surface area contributed by atoms with Crippen molar-refractivity contribution in [2.45, 2.75) is 6.92 Å². The number of rotatable bonds is 3. The van der Waals surface area contributed by atoms with Gasteiger partial charge in [0.05, 0.1) is 16.9 Å². The predicted octanol–water partition coefficient (Wildman–Crippen LogP) is 4.10. The van der Waals surface area contributed by atoms with E-state index in [1.54, 1.807) is 12.1 Å². The Morgan fingerprint density at radius 1 is 1.05 bits per heavy atom. The second-order valence-electron chi connectivity index (χ2n) is 4.41. The van der Waals surface area contributed by atoms with Crippen LogP contribution in [0.3, 0.4) is 0 Å². The summed E-state index contributed by atoms with van der Waals surface area (Å²) >= 11 is 3.35. The van der Waals surface area contributed by atoms with Crippen LogP contribution in [0.2, 0.25) is 0 Å². The second kappa shape index (κ2) is 6.41. The highest BCUT2D eigenvalue weighted by Crippen LogP contribution is 2.24. The minimum atomic E-state index is -1.09. The molecule has 2 aromatic rings. The van der Waals surface area contributed by atoms with Crippen LogP contribution in [0, 0.1) is 6.92 Å². The monoisotopic (exact) mass is 348 g/mol. The Balaban J connectivity index is 2.16. The van der Waals surface area contributed by atoms with E-state index in [1.165, 1.54) is 12.1 Å². The summed E-state index contributed by atoms with van der Waals surface area (Å²) in [6.07, 6.45) is 0. The standard InChI is InChI=1S/C15H13BrN2O3/c1-9-6-7-11(16)13(8-9)18-15(21)17-12-5-3-2-4-10(12)14(19)20/h2-8H,1H3,(H,19,20)(H2,17,18,21). The lowest BCUT2D eigenvalue weighted by atomic mass is 10.2. The van der Waals surface area contributed by atoms with Crippen molar-refractivity contribution >= 4 is 39.3 Å². The van der Waals surface area contributed by atoms with Crippen molar-refractivity contribution in [2.24, 2.45) is 0 Å². The molecule has 0 spiro atoms. The highest BCUT2D eigenvalue weighted by Gasteiger charge is 2.12. The summed E-state index contributed by atoms with van der Waals surface area (Å²) in [5.41, 5.74) is 1.89. The third-order valence-electron chi connectivity index (χ3n) is 2.78. The molecule has 0 aliphatic carbocycles. The lowest BCUT2D eigenvalue weighted by Crippen LogP contribution is -2.21. The Hall–Kier alpha value is -2.34. The van der Waals surface area contributed by atoms with Gasteiger partial charge in [0.15, 0.2) is 0 Å². The zero-order valence-corrected chi connectivity index (χ0v) is 12.8. The van der Waals surface area contributed by atoms with Gasteiger partial charge in [0, 0.05) is 4.47 Å². The summed E-state index contributed by atoms with van der Waals surface area (Å²) in [6.45, 7) is 1.91. The molecule has 21 heavy (non-hydrogen) atoms. The average Bonchev–Trinajstić information content (AvgIpc) is 2.43. The van der Waals surface area contributed by atoms with Crippen molar-refractivity contribution in [1.82, 2.24) is 0 Å². The summed E-state index contributed by atoms with van der Waals surface area (Å²) in [5.74, 6) is -1.09. The van der Waals surface area contributed by atoms with Gasteiger partial charge in [-0.15, -0.1) is 0 Å². The Labute approximate surface area is 130 Å². The van der Waals surface area contributed by atoms with Crippen LogP contribution in [0.5, 0.6) is 0 Å². The third-order valence-corrected chi connectivity index (χ3v) is 3.47. The fraction of sp³-hybridized carbons (Fsp3) is 0.0667. The maximum Gasteiger partial charge on any atom is 0.337 e. The van der Waals surface area contributed by atoms with E-state index in [0.29, 0.717) is 5.69 Å². The van der Waals surface area contributed by atoms with Crippen molar-refractivity contribution in [2.75, 3.05) is 10.6 Å². The van der Waals surface area contributed by atoms with Gasteiger partial charge in [-0.05, 0) is 52.7 Å². The molecule has 0 bridgehead atoms. The Morgan fingerprint density at radius 3 is 2.43 bits per heavy atom. The second-order valence-corrected chi connectivity index (χ2v) is 5.27. The van der Waals surface area contributed by atoms with Gasteiger partial charge in [-0.25, -0.2) is 9.59 Å². The van der Waals surface area contributed by atoms with E-state index in [2.05, 4.69) is 26.6 Å². The maximum atomic E-state index is 12.0. The fourth-order valence-electron chi connectivity index (χ4n) is 1.79. The molecule has 0 aliphatic rings. The summed E-state index contributed by atoms with van der Waals surface area (Å²) in [6, 6.07) is 11.3. The average molecular weight is 349 g/mol. The number of urea groups is 1. The number of hydrogen-bond donors (Lipinski definition) is 3. The lowest BCUT2D eigenvalue weighted by Gasteiger charge is -2.11. The normalized spacial score (nSPS) is 10.0. The van der Waals surface area contributed by atoms with Gasteiger partial charge in [-0.1, -0.05) is 18.2 Å². The van der Waals surface area contributed by atoms with Crippen LogP contribution in [-0.2, 0) is 0 Å². The largest absolute Gasteiger partial charge is 0.478 e. The van der Waals surface area contributed by atoms with Crippen LogP contribution >= 0.6 is 15.9 Å². The van der Waals surface area contributed by atoms with Gasteiger partial charge in [0.1, 0.15) is 0 Å². The number of anilines is 2.